The van der Waals surface area contributed by atoms with Gasteiger partial charge < -0.3 is 19.6 Å². The third-order valence-corrected chi connectivity index (χ3v) is 6.89. The summed E-state index contributed by atoms with van der Waals surface area (Å²) in [7, 11) is 4.01. The fourth-order valence-corrected chi connectivity index (χ4v) is 5.16. The van der Waals surface area contributed by atoms with Crippen molar-refractivity contribution in [2.24, 2.45) is 0 Å². The molecule has 8 heteroatoms. The van der Waals surface area contributed by atoms with Crippen LogP contribution < -0.4 is 9.64 Å². The molecule has 1 N–H and O–H groups in total. The van der Waals surface area contributed by atoms with Gasteiger partial charge in [-0.15, -0.1) is 0 Å². The van der Waals surface area contributed by atoms with E-state index in [0.29, 0.717) is 23.4 Å². The van der Waals surface area contributed by atoms with Crippen LogP contribution in [0.15, 0.2) is 42.5 Å². The van der Waals surface area contributed by atoms with Crippen molar-refractivity contribution in [1.82, 2.24) is 14.9 Å². The summed E-state index contributed by atoms with van der Waals surface area (Å²) in [5.41, 5.74) is 0.889. The lowest BCUT2D eigenvalue weighted by atomic mass is 9.96. The van der Waals surface area contributed by atoms with Crippen LogP contribution in [0.1, 0.15) is 25.7 Å². The Labute approximate surface area is 215 Å². The second-order valence-corrected chi connectivity index (χ2v) is 9.95. The SMILES string of the molecule is CN(C)CCCOc1nc(N2CCCCC2)c2cc(Cl)c(-c3cc(O)cc4ccccc34)c(F)c2n1. The van der Waals surface area contributed by atoms with Gasteiger partial charge in [-0.25, -0.2) is 4.39 Å². The van der Waals surface area contributed by atoms with Crippen LogP contribution in [-0.2, 0) is 0 Å². The summed E-state index contributed by atoms with van der Waals surface area (Å²) < 4.78 is 22.3. The predicted octanol–water partition coefficient (Wildman–Crippen LogP) is 6.27. The predicted molar refractivity (Wildman–Crippen MR) is 144 cm³/mol. The quantitative estimate of drug-likeness (QED) is 0.297. The zero-order valence-electron chi connectivity index (χ0n) is 20.6. The van der Waals surface area contributed by atoms with Crippen LogP contribution in [0.3, 0.4) is 0 Å². The molecule has 0 saturated carbocycles. The van der Waals surface area contributed by atoms with Gasteiger partial charge in [-0.2, -0.15) is 9.97 Å². The Morgan fingerprint density at radius 3 is 2.61 bits per heavy atom. The first-order valence-electron chi connectivity index (χ1n) is 12.4. The number of piperidine rings is 1. The van der Waals surface area contributed by atoms with E-state index in [4.69, 9.17) is 21.3 Å². The average molecular weight is 509 g/mol. The van der Waals surface area contributed by atoms with Gasteiger partial charge in [0.15, 0.2) is 5.82 Å². The Morgan fingerprint density at radius 2 is 1.83 bits per heavy atom. The molecule has 6 nitrogen and oxygen atoms in total. The van der Waals surface area contributed by atoms with Crippen LogP contribution in [0.25, 0.3) is 32.8 Å². The number of phenolic OH excluding ortho intramolecular Hbond substituents is 1. The molecule has 0 aliphatic carbocycles. The van der Waals surface area contributed by atoms with Crippen LogP contribution in [0, 0.1) is 5.82 Å². The van der Waals surface area contributed by atoms with Crippen LogP contribution in [0.2, 0.25) is 5.02 Å². The van der Waals surface area contributed by atoms with Gasteiger partial charge in [0.25, 0.3) is 0 Å². The number of aromatic nitrogens is 2. The number of hydrogen-bond acceptors (Lipinski definition) is 6. The lowest BCUT2D eigenvalue weighted by molar-refractivity contribution is 0.264. The number of anilines is 1. The summed E-state index contributed by atoms with van der Waals surface area (Å²) in [6.45, 7) is 2.97. The second-order valence-electron chi connectivity index (χ2n) is 9.54. The van der Waals surface area contributed by atoms with Crippen LogP contribution >= 0.6 is 11.6 Å². The van der Waals surface area contributed by atoms with E-state index in [-0.39, 0.29) is 27.9 Å². The first kappa shape index (κ1) is 24.5. The van der Waals surface area contributed by atoms with E-state index >= 15 is 4.39 Å². The van der Waals surface area contributed by atoms with Gasteiger partial charge in [-0.3, -0.25) is 0 Å². The van der Waals surface area contributed by atoms with E-state index in [2.05, 4.69) is 14.8 Å². The van der Waals surface area contributed by atoms with E-state index in [1.165, 1.54) is 0 Å². The fourth-order valence-electron chi connectivity index (χ4n) is 4.86. The van der Waals surface area contributed by atoms with Crippen molar-refractivity contribution in [2.45, 2.75) is 25.7 Å². The Balaban J connectivity index is 1.67. The Morgan fingerprint density at radius 1 is 1.06 bits per heavy atom. The molecule has 0 unspecified atom stereocenters. The summed E-state index contributed by atoms with van der Waals surface area (Å²) in [6.07, 6.45) is 4.07. The molecule has 1 saturated heterocycles. The first-order chi connectivity index (χ1) is 17.4. The normalized spacial score (nSPS) is 14.2. The summed E-state index contributed by atoms with van der Waals surface area (Å²) in [5.74, 6) is 0.142. The molecule has 1 fully saturated rings. The Bertz CT molecular complexity index is 1410. The molecule has 188 valence electrons. The maximum atomic E-state index is 16.4. The smallest absolute Gasteiger partial charge is 0.319 e. The molecule has 5 rings (SSSR count). The summed E-state index contributed by atoms with van der Waals surface area (Å²) in [4.78, 5) is 13.5. The monoisotopic (exact) mass is 508 g/mol. The maximum Gasteiger partial charge on any atom is 0.319 e. The van der Waals surface area contributed by atoms with Crippen molar-refractivity contribution in [3.05, 3.63) is 53.3 Å². The molecule has 1 aliphatic rings. The van der Waals surface area contributed by atoms with Gasteiger partial charge >= 0.3 is 6.01 Å². The number of halogens is 2. The van der Waals surface area contributed by atoms with Gasteiger partial charge in [0.2, 0.25) is 0 Å². The molecule has 36 heavy (non-hydrogen) atoms. The second kappa shape index (κ2) is 10.4. The highest BCUT2D eigenvalue weighted by Gasteiger charge is 2.24. The number of fused-ring (bicyclic) bond motifs is 2. The number of phenols is 1. The summed E-state index contributed by atoms with van der Waals surface area (Å²) in [5, 5.41) is 12.8. The van der Waals surface area contributed by atoms with Crippen molar-refractivity contribution >= 4 is 39.1 Å². The van der Waals surface area contributed by atoms with E-state index in [1.54, 1.807) is 18.2 Å². The number of ether oxygens (including phenoxy) is 1. The van der Waals surface area contributed by atoms with Crippen LogP contribution in [0.4, 0.5) is 10.2 Å². The molecule has 0 atom stereocenters. The van der Waals surface area contributed by atoms with E-state index in [9.17, 15) is 5.11 Å². The number of rotatable bonds is 7. The van der Waals surface area contributed by atoms with Gasteiger partial charge in [-0.05, 0) is 74.3 Å². The maximum absolute atomic E-state index is 16.4. The highest BCUT2D eigenvalue weighted by atomic mass is 35.5. The molecule has 0 bridgehead atoms. The molecule has 1 aromatic heterocycles. The van der Waals surface area contributed by atoms with Crippen molar-refractivity contribution in [3.63, 3.8) is 0 Å². The van der Waals surface area contributed by atoms with Crippen LogP contribution in [0.5, 0.6) is 11.8 Å². The molecule has 1 aliphatic heterocycles. The van der Waals surface area contributed by atoms with E-state index in [1.807, 2.05) is 38.4 Å². The Hall–Kier alpha value is -3.16. The molecule has 0 spiro atoms. The van der Waals surface area contributed by atoms with Crippen molar-refractivity contribution in [2.75, 3.05) is 45.2 Å². The van der Waals surface area contributed by atoms with E-state index in [0.717, 1.165) is 56.1 Å². The number of aromatic hydroxyl groups is 1. The molecular formula is C28H30ClFN4O2. The zero-order valence-corrected chi connectivity index (χ0v) is 21.4. The molecule has 4 aromatic rings. The third-order valence-electron chi connectivity index (χ3n) is 6.59. The zero-order chi connectivity index (χ0) is 25.2. The van der Waals surface area contributed by atoms with Gasteiger partial charge in [-0.1, -0.05) is 35.9 Å². The fraction of sp³-hybridized carbons (Fsp3) is 0.357. The highest BCUT2D eigenvalue weighted by molar-refractivity contribution is 6.35. The minimum Gasteiger partial charge on any atom is -0.508 e. The van der Waals surface area contributed by atoms with Crippen molar-refractivity contribution in [1.29, 1.82) is 0 Å². The Kier molecular flexibility index (Phi) is 7.12. The molecular weight excluding hydrogens is 479 g/mol. The van der Waals surface area contributed by atoms with Gasteiger partial charge in [0, 0.05) is 30.6 Å². The van der Waals surface area contributed by atoms with Crippen molar-refractivity contribution < 1.29 is 14.2 Å². The first-order valence-corrected chi connectivity index (χ1v) is 12.7. The lowest BCUT2D eigenvalue weighted by Crippen LogP contribution is -2.30. The minimum absolute atomic E-state index is 0.0425. The average Bonchev–Trinajstić information content (AvgIpc) is 2.87. The summed E-state index contributed by atoms with van der Waals surface area (Å²) in [6, 6.07) is 12.6. The molecule has 3 aromatic carbocycles. The topological polar surface area (TPSA) is 61.7 Å². The molecule has 0 amide bonds. The van der Waals surface area contributed by atoms with E-state index < -0.39 is 5.82 Å². The largest absolute Gasteiger partial charge is 0.508 e. The number of benzene rings is 3. The number of nitrogens with zero attached hydrogens (tertiary/aromatic N) is 4. The highest BCUT2D eigenvalue weighted by Crippen LogP contribution is 2.42. The minimum atomic E-state index is -0.549. The third kappa shape index (κ3) is 4.90. The standard InChI is InChI=1S/C28H30ClFN4O2/c1-33(2)11-8-14-36-28-31-26-22(27(32-28)34-12-6-3-7-13-34)17-23(29)24(25(26)30)21-16-19(35)15-18-9-4-5-10-20(18)21/h4-5,9-10,15-17,35H,3,6-8,11-14H2,1-2H3. The number of hydrogen-bond donors (Lipinski definition) is 1. The molecule has 2 heterocycles. The van der Waals surface area contributed by atoms with Crippen molar-refractivity contribution in [3.8, 4) is 22.9 Å². The molecule has 0 radical (unpaired) electrons. The summed E-state index contributed by atoms with van der Waals surface area (Å²) >= 11 is 6.75. The van der Waals surface area contributed by atoms with Crippen LogP contribution in [-0.4, -0.2) is 60.3 Å². The van der Waals surface area contributed by atoms with Gasteiger partial charge in [0.05, 0.1) is 11.6 Å². The lowest BCUT2D eigenvalue weighted by Gasteiger charge is -2.29. The van der Waals surface area contributed by atoms with Gasteiger partial charge in [0.1, 0.15) is 17.1 Å².